The average Bonchev–Trinajstić information content (AvgIpc) is 2.74. The summed E-state index contributed by atoms with van der Waals surface area (Å²) in [5.74, 6) is 1.98. The molecule has 0 spiro atoms. The van der Waals surface area contributed by atoms with Crippen molar-refractivity contribution in [3.8, 4) is 11.5 Å². The van der Waals surface area contributed by atoms with Gasteiger partial charge < -0.3 is 14.8 Å². The van der Waals surface area contributed by atoms with Crippen LogP contribution in [0.1, 0.15) is 18.1 Å². The van der Waals surface area contributed by atoms with Gasteiger partial charge in [-0.3, -0.25) is 4.79 Å². The van der Waals surface area contributed by atoms with Crippen molar-refractivity contribution < 1.29 is 14.3 Å². The molecule has 150 valence electrons. The number of anilines is 1. The highest BCUT2D eigenvalue weighted by molar-refractivity contribution is 7.98. The van der Waals surface area contributed by atoms with Crippen LogP contribution in [0.4, 0.5) is 5.69 Å². The molecule has 3 aromatic rings. The molecule has 0 aliphatic rings. The molecule has 0 radical (unpaired) electrons. The fourth-order valence-electron chi connectivity index (χ4n) is 2.81. The van der Waals surface area contributed by atoms with Crippen LogP contribution in [0.25, 0.3) is 0 Å². The summed E-state index contributed by atoms with van der Waals surface area (Å²) in [7, 11) is 1.60. The molecule has 29 heavy (non-hydrogen) atoms. The van der Waals surface area contributed by atoms with E-state index in [-0.39, 0.29) is 5.91 Å². The first-order chi connectivity index (χ1) is 14.0. The molecule has 5 heteroatoms. The van der Waals surface area contributed by atoms with Gasteiger partial charge in [-0.2, -0.15) is 0 Å². The SMILES string of the molecule is COc1cccc(O[C@H](C)C(=O)Nc2ccc(CSc3ccccc3)cc2C)c1. The summed E-state index contributed by atoms with van der Waals surface area (Å²) in [4.78, 5) is 13.8. The summed E-state index contributed by atoms with van der Waals surface area (Å²) in [6, 6.07) is 23.6. The monoisotopic (exact) mass is 407 g/mol. The quantitative estimate of drug-likeness (QED) is 0.487. The summed E-state index contributed by atoms with van der Waals surface area (Å²) in [5.41, 5.74) is 3.04. The predicted octanol–water partition coefficient (Wildman–Crippen LogP) is 5.70. The zero-order chi connectivity index (χ0) is 20.6. The van der Waals surface area contributed by atoms with Gasteiger partial charge in [0.1, 0.15) is 11.5 Å². The number of nitrogens with one attached hydrogen (secondary N) is 1. The number of thioether (sulfide) groups is 1. The lowest BCUT2D eigenvalue weighted by molar-refractivity contribution is -0.122. The molecule has 0 fully saturated rings. The molecule has 4 nitrogen and oxygen atoms in total. The number of hydrogen-bond donors (Lipinski definition) is 1. The topological polar surface area (TPSA) is 47.6 Å². The average molecular weight is 408 g/mol. The van der Waals surface area contributed by atoms with Crippen LogP contribution in [0.2, 0.25) is 0 Å². The lowest BCUT2D eigenvalue weighted by Crippen LogP contribution is -2.30. The van der Waals surface area contributed by atoms with Crippen molar-refractivity contribution in [2.75, 3.05) is 12.4 Å². The molecule has 1 N–H and O–H groups in total. The largest absolute Gasteiger partial charge is 0.497 e. The van der Waals surface area contributed by atoms with Gasteiger partial charge in [-0.05, 0) is 55.3 Å². The van der Waals surface area contributed by atoms with Gasteiger partial charge in [-0.1, -0.05) is 36.4 Å². The molecule has 0 aromatic heterocycles. The Balaban J connectivity index is 1.58. The molecular formula is C24H25NO3S. The van der Waals surface area contributed by atoms with Crippen molar-refractivity contribution in [2.45, 2.75) is 30.6 Å². The second-order valence-electron chi connectivity index (χ2n) is 6.68. The minimum absolute atomic E-state index is 0.192. The highest BCUT2D eigenvalue weighted by atomic mass is 32.2. The first-order valence-corrected chi connectivity index (χ1v) is 10.4. The van der Waals surface area contributed by atoms with Crippen molar-refractivity contribution in [3.63, 3.8) is 0 Å². The summed E-state index contributed by atoms with van der Waals surface area (Å²) < 4.78 is 10.9. The summed E-state index contributed by atoms with van der Waals surface area (Å²) in [5, 5.41) is 2.96. The minimum Gasteiger partial charge on any atom is -0.497 e. The Hall–Kier alpha value is -2.92. The fourth-order valence-corrected chi connectivity index (χ4v) is 3.67. The van der Waals surface area contributed by atoms with Crippen LogP contribution in [0, 0.1) is 6.92 Å². The van der Waals surface area contributed by atoms with E-state index in [4.69, 9.17) is 9.47 Å². The maximum absolute atomic E-state index is 12.5. The molecule has 3 aromatic carbocycles. The van der Waals surface area contributed by atoms with E-state index in [0.29, 0.717) is 11.5 Å². The number of methoxy groups -OCH3 is 1. The smallest absolute Gasteiger partial charge is 0.265 e. The third-order valence-electron chi connectivity index (χ3n) is 4.42. The zero-order valence-electron chi connectivity index (χ0n) is 16.8. The molecule has 1 amide bonds. The van der Waals surface area contributed by atoms with E-state index in [1.54, 1.807) is 37.9 Å². The van der Waals surface area contributed by atoms with Crippen LogP contribution in [0.5, 0.6) is 11.5 Å². The van der Waals surface area contributed by atoms with Crippen molar-refractivity contribution >= 4 is 23.4 Å². The molecule has 0 heterocycles. The second kappa shape index (κ2) is 10.0. The van der Waals surface area contributed by atoms with E-state index >= 15 is 0 Å². The van der Waals surface area contributed by atoms with Gasteiger partial charge >= 0.3 is 0 Å². The lowest BCUT2D eigenvalue weighted by atomic mass is 10.1. The number of amides is 1. The number of rotatable bonds is 8. The molecule has 0 aliphatic carbocycles. The molecule has 1 atom stereocenters. The summed E-state index contributed by atoms with van der Waals surface area (Å²) in [6.45, 7) is 3.73. The molecule has 0 unspecified atom stereocenters. The number of hydrogen-bond acceptors (Lipinski definition) is 4. The molecule has 0 saturated carbocycles. The third kappa shape index (κ3) is 6.03. The third-order valence-corrected chi connectivity index (χ3v) is 5.50. The van der Waals surface area contributed by atoms with Gasteiger partial charge in [-0.15, -0.1) is 11.8 Å². The van der Waals surface area contributed by atoms with E-state index in [1.165, 1.54) is 10.5 Å². The molecule has 0 saturated heterocycles. The van der Waals surface area contributed by atoms with E-state index in [0.717, 1.165) is 17.0 Å². The maximum atomic E-state index is 12.5. The number of aryl methyl sites for hydroxylation is 1. The highest BCUT2D eigenvalue weighted by Crippen LogP contribution is 2.25. The van der Waals surface area contributed by atoms with Crippen molar-refractivity contribution in [1.82, 2.24) is 0 Å². The first kappa shape index (κ1) is 20.8. The number of carbonyl (C=O) groups excluding carboxylic acids is 1. The Kier molecular flexibility index (Phi) is 7.19. The highest BCUT2D eigenvalue weighted by Gasteiger charge is 2.16. The maximum Gasteiger partial charge on any atom is 0.265 e. The van der Waals surface area contributed by atoms with Crippen LogP contribution < -0.4 is 14.8 Å². The standard InChI is InChI=1S/C24H25NO3S/c1-17-14-19(16-29-22-10-5-4-6-11-22)12-13-23(17)25-24(26)18(2)28-21-9-7-8-20(15-21)27-3/h4-15,18H,16H2,1-3H3,(H,25,26)/t18-/m1/s1. The number of benzene rings is 3. The van der Waals surface area contributed by atoms with Crippen LogP contribution >= 0.6 is 11.8 Å². The van der Waals surface area contributed by atoms with Gasteiger partial charge in [0.05, 0.1) is 7.11 Å². The zero-order valence-corrected chi connectivity index (χ0v) is 17.7. The normalized spacial score (nSPS) is 11.6. The first-order valence-electron chi connectivity index (χ1n) is 9.44. The summed E-state index contributed by atoms with van der Waals surface area (Å²) in [6.07, 6.45) is -0.630. The van der Waals surface area contributed by atoms with Crippen LogP contribution in [0.3, 0.4) is 0 Å². The Bertz CT molecular complexity index is 959. The van der Waals surface area contributed by atoms with Crippen LogP contribution in [-0.2, 0) is 10.5 Å². The van der Waals surface area contributed by atoms with E-state index in [9.17, 15) is 4.79 Å². The second-order valence-corrected chi connectivity index (χ2v) is 7.73. The minimum atomic E-state index is -0.630. The van der Waals surface area contributed by atoms with Gasteiger partial charge in [0.25, 0.3) is 5.91 Å². The van der Waals surface area contributed by atoms with Gasteiger partial charge in [-0.25, -0.2) is 0 Å². The van der Waals surface area contributed by atoms with Gasteiger partial charge in [0.15, 0.2) is 6.10 Å². The Morgan fingerprint density at radius 2 is 1.76 bits per heavy atom. The summed E-state index contributed by atoms with van der Waals surface area (Å²) >= 11 is 1.79. The molecule has 0 bridgehead atoms. The number of carbonyl (C=O) groups is 1. The Morgan fingerprint density at radius 1 is 1.00 bits per heavy atom. The van der Waals surface area contributed by atoms with E-state index in [1.807, 2.05) is 49.4 Å². The van der Waals surface area contributed by atoms with Crippen molar-refractivity contribution in [3.05, 3.63) is 83.9 Å². The Morgan fingerprint density at radius 3 is 2.48 bits per heavy atom. The van der Waals surface area contributed by atoms with Crippen LogP contribution in [0.15, 0.2) is 77.7 Å². The molecule has 3 rings (SSSR count). The van der Waals surface area contributed by atoms with E-state index < -0.39 is 6.10 Å². The number of ether oxygens (including phenoxy) is 2. The van der Waals surface area contributed by atoms with Crippen molar-refractivity contribution in [2.24, 2.45) is 0 Å². The fraction of sp³-hybridized carbons (Fsp3) is 0.208. The lowest BCUT2D eigenvalue weighted by Gasteiger charge is -2.16. The van der Waals surface area contributed by atoms with Gasteiger partial charge in [0.2, 0.25) is 0 Å². The van der Waals surface area contributed by atoms with E-state index in [2.05, 4.69) is 23.5 Å². The molecule has 0 aliphatic heterocycles. The van der Waals surface area contributed by atoms with Crippen LogP contribution in [-0.4, -0.2) is 19.1 Å². The predicted molar refractivity (Wildman–Crippen MR) is 119 cm³/mol. The molecular weight excluding hydrogens is 382 g/mol. The van der Waals surface area contributed by atoms with Crippen molar-refractivity contribution in [1.29, 1.82) is 0 Å². The Labute approximate surface area is 176 Å². The van der Waals surface area contributed by atoms with Gasteiger partial charge in [0, 0.05) is 22.4 Å².